The van der Waals surface area contributed by atoms with Crippen LogP contribution in [0, 0.1) is 22.2 Å². The summed E-state index contributed by atoms with van der Waals surface area (Å²) in [4.78, 5) is 0. The van der Waals surface area contributed by atoms with Gasteiger partial charge in [0.2, 0.25) is 0 Å². The Morgan fingerprint density at radius 3 is 2.53 bits per heavy atom. The summed E-state index contributed by atoms with van der Waals surface area (Å²) in [6.07, 6.45) is 11.6. The van der Waals surface area contributed by atoms with E-state index >= 15 is 0 Å². The van der Waals surface area contributed by atoms with Gasteiger partial charge in [-0.15, -0.1) is 0 Å². The first-order chi connectivity index (χ1) is 6.90. The molecule has 15 heavy (non-hydrogen) atoms. The van der Waals surface area contributed by atoms with Crippen molar-refractivity contribution < 1.29 is 0 Å². The lowest BCUT2D eigenvalue weighted by molar-refractivity contribution is 0.169. The SMILES string of the molecule is CC1(C)CC=CC23CCC(C=C12)C3(C)C. The van der Waals surface area contributed by atoms with E-state index in [1.165, 1.54) is 19.3 Å². The number of hydrogen-bond donors (Lipinski definition) is 0. The lowest BCUT2D eigenvalue weighted by Crippen LogP contribution is -2.38. The van der Waals surface area contributed by atoms with Gasteiger partial charge < -0.3 is 0 Å². The topological polar surface area (TPSA) is 0 Å². The van der Waals surface area contributed by atoms with Gasteiger partial charge in [-0.05, 0) is 36.0 Å². The van der Waals surface area contributed by atoms with Crippen LogP contribution in [0.3, 0.4) is 0 Å². The quantitative estimate of drug-likeness (QED) is 0.513. The summed E-state index contributed by atoms with van der Waals surface area (Å²) in [5.41, 5.74) is 3.04. The van der Waals surface area contributed by atoms with E-state index in [4.69, 9.17) is 0 Å². The zero-order valence-corrected chi connectivity index (χ0v) is 10.4. The summed E-state index contributed by atoms with van der Waals surface area (Å²) >= 11 is 0. The molecule has 0 aromatic heterocycles. The zero-order chi connectivity index (χ0) is 10.9. The van der Waals surface area contributed by atoms with Gasteiger partial charge in [-0.25, -0.2) is 0 Å². The first-order valence-electron chi connectivity index (χ1n) is 6.31. The first kappa shape index (κ1) is 9.69. The molecule has 0 amide bonds. The second-order valence-corrected chi connectivity index (χ2v) is 6.91. The van der Waals surface area contributed by atoms with Crippen LogP contribution in [0.4, 0.5) is 0 Å². The Morgan fingerprint density at radius 1 is 1.20 bits per heavy atom. The van der Waals surface area contributed by atoms with E-state index in [9.17, 15) is 0 Å². The largest absolute Gasteiger partial charge is 0.0868 e. The summed E-state index contributed by atoms with van der Waals surface area (Å²) in [5.74, 6) is 0.828. The van der Waals surface area contributed by atoms with Crippen LogP contribution >= 0.6 is 0 Å². The second kappa shape index (κ2) is 2.42. The predicted octanol–water partition coefficient (Wildman–Crippen LogP) is 4.34. The fraction of sp³-hybridized carbons (Fsp3) is 0.733. The van der Waals surface area contributed by atoms with Gasteiger partial charge in [0.05, 0.1) is 0 Å². The predicted molar refractivity (Wildman–Crippen MR) is 64.6 cm³/mol. The standard InChI is InChI=1S/C15H22/c1-13(2)7-5-8-15-9-6-11(10-12(13)15)14(15,3)4/h5,8,10-11H,6-7,9H2,1-4H3. The van der Waals surface area contributed by atoms with E-state index in [-0.39, 0.29) is 0 Å². The van der Waals surface area contributed by atoms with E-state index in [2.05, 4.69) is 45.9 Å². The molecular formula is C15H22. The van der Waals surface area contributed by atoms with Gasteiger partial charge in [0.15, 0.2) is 0 Å². The number of fused-ring (bicyclic) bond motifs is 1. The van der Waals surface area contributed by atoms with Crippen LogP contribution in [0.5, 0.6) is 0 Å². The van der Waals surface area contributed by atoms with Gasteiger partial charge in [-0.1, -0.05) is 51.5 Å². The van der Waals surface area contributed by atoms with E-state index in [0.29, 0.717) is 16.2 Å². The van der Waals surface area contributed by atoms with Crippen molar-refractivity contribution in [3.05, 3.63) is 23.8 Å². The van der Waals surface area contributed by atoms with E-state index in [0.717, 1.165) is 5.92 Å². The van der Waals surface area contributed by atoms with Crippen LogP contribution in [0.2, 0.25) is 0 Å². The molecule has 2 unspecified atom stereocenters. The average Bonchev–Trinajstić information content (AvgIpc) is 2.50. The minimum atomic E-state index is 0.404. The van der Waals surface area contributed by atoms with Gasteiger partial charge in [0.1, 0.15) is 0 Å². The van der Waals surface area contributed by atoms with Crippen LogP contribution in [-0.2, 0) is 0 Å². The van der Waals surface area contributed by atoms with Crippen LogP contribution in [0.1, 0.15) is 47.0 Å². The molecule has 0 heterocycles. The van der Waals surface area contributed by atoms with E-state index in [1.807, 2.05) is 0 Å². The Kier molecular flexibility index (Phi) is 1.56. The summed E-state index contributed by atoms with van der Waals surface area (Å²) in [5, 5.41) is 0. The molecule has 1 spiro atoms. The second-order valence-electron chi connectivity index (χ2n) is 6.91. The minimum Gasteiger partial charge on any atom is -0.0868 e. The maximum absolute atomic E-state index is 2.62. The Hall–Kier alpha value is -0.520. The first-order valence-corrected chi connectivity index (χ1v) is 6.31. The van der Waals surface area contributed by atoms with Crippen molar-refractivity contribution in [2.75, 3.05) is 0 Å². The van der Waals surface area contributed by atoms with Crippen molar-refractivity contribution in [2.45, 2.75) is 47.0 Å². The third kappa shape index (κ3) is 0.898. The number of allylic oxidation sites excluding steroid dienone is 4. The minimum absolute atomic E-state index is 0.404. The Balaban J connectivity index is 2.21. The Bertz CT molecular complexity index is 367. The van der Waals surface area contributed by atoms with Gasteiger partial charge in [0.25, 0.3) is 0 Å². The Labute approximate surface area is 93.5 Å². The molecule has 3 aliphatic carbocycles. The number of rotatable bonds is 0. The maximum atomic E-state index is 2.62. The molecule has 2 bridgehead atoms. The maximum Gasteiger partial charge on any atom is 0.0153 e. The van der Waals surface area contributed by atoms with Crippen LogP contribution in [-0.4, -0.2) is 0 Å². The van der Waals surface area contributed by atoms with Crippen molar-refractivity contribution in [3.8, 4) is 0 Å². The van der Waals surface area contributed by atoms with Gasteiger partial charge in [-0.3, -0.25) is 0 Å². The highest BCUT2D eigenvalue weighted by Crippen LogP contribution is 2.70. The molecule has 3 aliphatic rings. The Morgan fingerprint density at radius 2 is 1.93 bits per heavy atom. The van der Waals surface area contributed by atoms with Crippen LogP contribution in [0.15, 0.2) is 23.8 Å². The molecule has 1 fully saturated rings. The molecule has 0 nitrogen and oxygen atoms in total. The summed E-state index contributed by atoms with van der Waals surface area (Å²) < 4.78 is 0. The van der Waals surface area contributed by atoms with Crippen molar-refractivity contribution in [1.29, 1.82) is 0 Å². The van der Waals surface area contributed by atoms with Gasteiger partial charge in [-0.2, -0.15) is 0 Å². The third-order valence-corrected chi connectivity index (χ3v) is 5.53. The fourth-order valence-electron chi connectivity index (χ4n) is 4.40. The molecular weight excluding hydrogens is 180 g/mol. The molecule has 0 aliphatic heterocycles. The highest BCUT2D eigenvalue weighted by Gasteiger charge is 2.61. The molecule has 0 N–H and O–H groups in total. The highest BCUT2D eigenvalue weighted by atomic mass is 14.6. The summed E-state index contributed by atoms with van der Waals surface area (Å²) in [7, 11) is 0. The van der Waals surface area contributed by atoms with Crippen LogP contribution in [0.25, 0.3) is 0 Å². The van der Waals surface area contributed by atoms with Gasteiger partial charge >= 0.3 is 0 Å². The van der Waals surface area contributed by atoms with Crippen molar-refractivity contribution >= 4 is 0 Å². The van der Waals surface area contributed by atoms with Crippen LogP contribution < -0.4 is 0 Å². The zero-order valence-electron chi connectivity index (χ0n) is 10.4. The monoisotopic (exact) mass is 202 g/mol. The molecule has 2 atom stereocenters. The molecule has 3 rings (SSSR count). The van der Waals surface area contributed by atoms with Gasteiger partial charge in [0, 0.05) is 5.41 Å². The summed E-state index contributed by atoms with van der Waals surface area (Å²) in [6.45, 7) is 9.78. The molecule has 0 saturated heterocycles. The van der Waals surface area contributed by atoms with Crippen molar-refractivity contribution in [2.24, 2.45) is 22.2 Å². The average molecular weight is 202 g/mol. The molecule has 0 aromatic rings. The smallest absolute Gasteiger partial charge is 0.0153 e. The normalized spacial score (nSPS) is 44.0. The lowest BCUT2D eigenvalue weighted by Gasteiger charge is -2.47. The molecule has 1 saturated carbocycles. The number of hydrogen-bond acceptors (Lipinski definition) is 0. The van der Waals surface area contributed by atoms with E-state index < -0.39 is 0 Å². The molecule has 0 heteroatoms. The molecule has 0 aromatic carbocycles. The van der Waals surface area contributed by atoms with Crippen molar-refractivity contribution in [3.63, 3.8) is 0 Å². The lowest BCUT2D eigenvalue weighted by atomic mass is 9.57. The molecule has 0 radical (unpaired) electrons. The van der Waals surface area contributed by atoms with E-state index in [1.54, 1.807) is 5.57 Å². The third-order valence-electron chi connectivity index (χ3n) is 5.53. The fourth-order valence-corrected chi connectivity index (χ4v) is 4.40. The highest BCUT2D eigenvalue weighted by molar-refractivity contribution is 5.43. The van der Waals surface area contributed by atoms with Crippen molar-refractivity contribution in [1.82, 2.24) is 0 Å². The molecule has 82 valence electrons. The summed E-state index contributed by atoms with van der Waals surface area (Å²) in [6, 6.07) is 0.